The average molecular weight is 404 g/mol. The Balaban J connectivity index is 1.31. The standard InChI is InChI=1S/C24H24N2O4/c1-29-18-9-7-17(8-10-18)25-22(27)20-19-11-13-24(30-19)15-26(23(28)21(20)24)14-12-16-5-3-2-4-6-16/h2-11,13,19-21H,12,14-15H2,1H3,(H,25,27)/t19-,20+,21+,24+/m1/s1. The molecule has 6 nitrogen and oxygen atoms in total. The molecule has 2 fully saturated rings. The Labute approximate surface area is 175 Å². The number of anilines is 1. The summed E-state index contributed by atoms with van der Waals surface area (Å²) in [6, 6.07) is 17.3. The Kier molecular flexibility index (Phi) is 4.59. The van der Waals surface area contributed by atoms with Crippen LogP contribution in [-0.2, 0) is 20.7 Å². The summed E-state index contributed by atoms with van der Waals surface area (Å²) in [4.78, 5) is 28.2. The number of likely N-dealkylation sites (tertiary alicyclic amines) is 1. The average Bonchev–Trinajstić information content (AvgIpc) is 3.41. The number of ether oxygens (including phenoxy) is 2. The highest BCUT2D eigenvalue weighted by Gasteiger charge is 2.66. The van der Waals surface area contributed by atoms with Gasteiger partial charge in [0.25, 0.3) is 0 Å². The van der Waals surface area contributed by atoms with Crippen LogP contribution < -0.4 is 10.1 Å². The fraction of sp³-hybridized carbons (Fsp3) is 0.333. The second-order valence-electron chi connectivity index (χ2n) is 8.11. The summed E-state index contributed by atoms with van der Waals surface area (Å²) in [7, 11) is 1.60. The summed E-state index contributed by atoms with van der Waals surface area (Å²) in [6.07, 6.45) is 4.35. The van der Waals surface area contributed by atoms with Crippen LogP contribution in [0, 0.1) is 11.8 Å². The van der Waals surface area contributed by atoms with E-state index in [0.717, 1.165) is 12.2 Å². The topological polar surface area (TPSA) is 67.9 Å². The van der Waals surface area contributed by atoms with Gasteiger partial charge in [0.1, 0.15) is 11.4 Å². The third-order valence-corrected chi connectivity index (χ3v) is 6.35. The molecule has 3 heterocycles. The number of carbonyl (C=O) groups excluding carboxylic acids is 2. The van der Waals surface area contributed by atoms with Crippen molar-refractivity contribution in [1.29, 1.82) is 0 Å². The SMILES string of the molecule is COc1ccc(NC(=O)[C@@H]2[C@H]3C(=O)N(CCc4ccccc4)C[C@@]34C=C[C@H]2O4)cc1. The summed E-state index contributed by atoms with van der Waals surface area (Å²) in [6.45, 7) is 1.12. The van der Waals surface area contributed by atoms with Gasteiger partial charge in [0, 0.05) is 12.2 Å². The zero-order chi connectivity index (χ0) is 20.7. The van der Waals surface area contributed by atoms with Crippen molar-refractivity contribution >= 4 is 17.5 Å². The molecule has 2 saturated heterocycles. The van der Waals surface area contributed by atoms with E-state index in [9.17, 15) is 9.59 Å². The molecule has 5 rings (SSSR count). The van der Waals surface area contributed by atoms with Gasteiger partial charge in [-0.2, -0.15) is 0 Å². The lowest BCUT2D eigenvalue weighted by atomic mass is 9.77. The number of nitrogens with zero attached hydrogens (tertiary/aromatic N) is 1. The molecule has 0 saturated carbocycles. The molecule has 1 spiro atoms. The van der Waals surface area contributed by atoms with Crippen LogP contribution in [0.1, 0.15) is 5.56 Å². The van der Waals surface area contributed by atoms with Crippen molar-refractivity contribution in [3.63, 3.8) is 0 Å². The summed E-state index contributed by atoms with van der Waals surface area (Å²) in [5, 5.41) is 2.94. The summed E-state index contributed by atoms with van der Waals surface area (Å²) < 4.78 is 11.3. The highest BCUT2D eigenvalue weighted by atomic mass is 16.5. The zero-order valence-corrected chi connectivity index (χ0v) is 16.8. The van der Waals surface area contributed by atoms with E-state index in [4.69, 9.17) is 9.47 Å². The normalized spacial score (nSPS) is 28.6. The van der Waals surface area contributed by atoms with Crippen molar-refractivity contribution in [2.45, 2.75) is 18.1 Å². The number of methoxy groups -OCH3 is 1. The quantitative estimate of drug-likeness (QED) is 0.752. The largest absolute Gasteiger partial charge is 0.497 e. The third kappa shape index (κ3) is 3.08. The number of nitrogens with one attached hydrogen (secondary N) is 1. The van der Waals surface area contributed by atoms with Gasteiger partial charge in [0.05, 0.1) is 31.6 Å². The Morgan fingerprint density at radius 3 is 2.70 bits per heavy atom. The van der Waals surface area contributed by atoms with E-state index < -0.39 is 17.4 Å². The number of hydrogen-bond acceptors (Lipinski definition) is 4. The molecule has 4 atom stereocenters. The van der Waals surface area contributed by atoms with E-state index in [-0.39, 0.29) is 17.9 Å². The first-order valence-corrected chi connectivity index (χ1v) is 10.2. The van der Waals surface area contributed by atoms with E-state index in [2.05, 4.69) is 17.4 Å². The smallest absolute Gasteiger partial charge is 0.231 e. The molecular formula is C24H24N2O4. The van der Waals surface area contributed by atoms with Crippen molar-refractivity contribution < 1.29 is 19.1 Å². The molecule has 30 heavy (non-hydrogen) atoms. The van der Waals surface area contributed by atoms with Gasteiger partial charge in [-0.05, 0) is 36.2 Å². The number of fused-ring (bicyclic) bond motifs is 1. The molecule has 2 aromatic rings. The van der Waals surface area contributed by atoms with Gasteiger partial charge >= 0.3 is 0 Å². The van der Waals surface area contributed by atoms with E-state index in [1.807, 2.05) is 35.3 Å². The van der Waals surface area contributed by atoms with E-state index in [1.54, 1.807) is 31.4 Å². The lowest BCUT2D eigenvalue weighted by Gasteiger charge is -2.23. The van der Waals surface area contributed by atoms with Gasteiger partial charge in [-0.1, -0.05) is 42.5 Å². The van der Waals surface area contributed by atoms with Crippen molar-refractivity contribution in [2.75, 3.05) is 25.5 Å². The van der Waals surface area contributed by atoms with Gasteiger partial charge in [0.2, 0.25) is 11.8 Å². The maximum atomic E-state index is 13.3. The first kappa shape index (κ1) is 18.9. The molecule has 154 valence electrons. The number of carbonyl (C=O) groups is 2. The maximum absolute atomic E-state index is 13.3. The summed E-state index contributed by atoms with van der Waals surface area (Å²) >= 11 is 0. The number of hydrogen-bond donors (Lipinski definition) is 1. The molecular weight excluding hydrogens is 380 g/mol. The van der Waals surface area contributed by atoms with E-state index in [1.165, 1.54) is 5.56 Å². The lowest BCUT2D eigenvalue weighted by molar-refractivity contribution is -0.135. The molecule has 0 radical (unpaired) electrons. The van der Waals surface area contributed by atoms with Gasteiger partial charge in [-0.3, -0.25) is 9.59 Å². The second-order valence-corrected chi connectivity index (χ2v) is 8.11. The van der Waals surface area contributed by atoms with Crippen LogP contribution in [0.5, 0.6) is 5.75 Å². The van der Waals surface area contributed by atoms with Gasteiger partial charge in [0.15, 0.2) is 0 Å². The van der Waals surface area contributed by atoms with Crippen molar-refractivity contribution in [1.82, 2.24) is 4.90 Å². The van der Waals surface area contributed by atoms with Crippen LogP contribution in [0.15, 0.2) is 66.7 Å². The molecule has 2 amide bonds. The van der Waals surface area contributed by atoms with Crippen molar-refractivity contribution in [2.24, 2.45) is 11.8 Å². The summed E-state index contributed by atoms with van der Waals surface area (Å²) in [5.41, 5.74) is 1.18. The van der Waals surface area contributed by atoms with Gasteiger partial charge in [-0.15, -0.1) is 0 Å². The Morgan fingerprint density at radius 1 is 1.20 bits per heavy atom. The van der Waals surface area contributed by atoms with Crippen molar-refractivity contribution in [3.05, 3.63) is 72.3 Å². The number of benzene rings is 2. The highest BCUT2D eigenvalue weighted by molar-refractivity contribution is 5.99. The minimum absolute atomic E-state index is 0.00709. The fourth-order valence-electron chi connectivity index (χ4n) is 4.88. The predicted molar refractivity (Wildman–Crippen MR) is 112 cm³/mol. The second kappa shape index (κ2) is 7.29. The number of amides is 2. The first-order chi connectivity index (χ1) is 14.6. The molecule has 0 aromatic heterocycles. The first-order valence-electron chi connectivity index (χ1n) is 10.2. The molecule has 0 unspecified atom stereocenters. The molecule has 1 N–H and O–H groups in total. The third-order valence-electron chi connectivity index (χ3n) is 6.35. The molecule has 6 heteroatoms. The van der Waals surface area contributed by atoms with Crippen LogP contribution >= 0.6 is 0 Å². The van der Waals surface area contributed by atoms with Crippen LogP contribution in [0.4, 0.5) is 5.69 Å². The Bertz CT molecular complexity index is 988. The van der Waals surface area contributed by atoms with Crippen LogP contribution in [0.3, 0.4) is 0 Å². The van der Waals surface area contributed by atoms with Crippen LogP contribution in [0.2, 0.25) is 0 Å². The van der Waals surface area contributed by atoms with E-state index >= 15 is 0 Å². The highest BCUT2D eigenvalue weighted by Crippen LogP contribution is 2.52. The van der Waals surface area contributed by atoms with E-state index in [0.29, 0.717) is 18.8 Å². The maximum Gasteiger partial charge on any atom is 0.231 e. The molecule has 2 bridgehead atoms. The minimum atomic E-state index is -0.680. The molecule has 3 aliphatic heterocycles. The lowest BCUT2D eigenvalue weighted by Crippen LogP contribution is -2.41. The Hall–Kier alpha value is -3.12. The zero-order valence-electron chi connectivity index (χ0n) is 16.8. The summed E-state index contributed by atoms with van der Waals surface area (Å²) in [5.74, 6) is -0.446. The molecule has 0 aliphatic carbocycles. The predicted octanol–water partition coefficient (Wildman–Crippen LogP) is 2.66. The number of rotatable bonds is 6. The van der Waals surface area contributed by atoms with Gasteiger partial charge < -0.3 is 19.7 Å². The minimum Gasteiger partial charge on any atom is -0.497 e. The van der Waals surface area contributed by atoms with Crippen LogP contribution in [0.25, 0.3) is 0 Å². The van der Waals surface area contributed by atoms with Gasteiger partial charge in [-0.25, -0.2) is 0 Å². The van der Waals surface area contributed by atoms with Crippen molar-refractivity contribution in [3.8, 4) is 5.75 Å². The molecule has 2 aromatic carbocycles. The Morgan fingerprint density at radius 2 is 1.97 bits per heavy atom. The monoisotopic (exact) mass is 404 g/mol. The molecule has 3 aliphatic rings. The van der Waals surface area contributed by atoms with Crippen LogP contribution in [-0.4, -0.2) is 48.6 Å². The fourth-order valence-corrected chi connectivity index (χ4v) is 4.88.